The van der Waals surface area contributed by atoms with Gasteiger partial charge < -0.3 is 9.47 Å². The molecule has 0 spiro atoms. The largest absolute Gasteiger partial charge is 0.490 e. The second kappa shape index (κ2) is 19.2. The van der Waals surface area contributed by atoms with Crippen LogP contribution >= 0.6 is 0 Å². The van der Waals surface area contributed by atoms with E-state index < -0.39 is 5.97 Å². The van der Waals surface area contributed by atoms with Gasteiger partial charge in [0, 0.05) is 6.08 Å². The topological polar surface area (TPSA) is 35.5 Å². The highest BCUT2D eigenvalue weighted by atomic mass is 16.6. The summed E-state index contributed by atoms with van der Waals surface area (Å²) in [6.07, 6.45) is 22.9. The van der Waals surface area contributed by atoms with Gasteiger partial charge in [0.2, 0.25) is 0 Å². The second-order valence-corrected chi connectivity index (χ2v) is 8.22. The summed E-state index contributed by atoms with van der Waals surface area (Å²) in [7, 11) is 0. The first-order chi connectivity index (χ1) is 14.8. The monoisotopic (exact) mass is 416 g/mol. The Morgan fingerprint density at radius 2 is 1.17 bits per heavy atom. The van der Waals surface area contributed by atoms with Crippen LogP contribution < -0.4 is 9.47 Å². The van der Waals surface area contributed by atoms with Crippen LogP contribution in [0.4, 0.5) is 0 Å². The van der Waals surface area contributed by atoms with Crippen molar-refractivity contribution < 1.29 is 14.3 Å². The molecule has 0 aliphatic rings. The molecule has 0 N–H and O–H groups in total. The first kappa shape index (κ1) is 26.3. The predicted octanol–water partition coefficient (Wildman–Crippen LogP) is 8.42. The smallest absolute Gasteiger partial charge is 0.335 e. The minimum Gasteiger partial charge on any atom is -0.490 e. The number of hydrogen-bond donors (Lipinski definition) is 0. The van der Waals surface area contributed by atoms with Crippen molar-refractivity contribution in [2.75, 3.05) is 6.61 Å². The lowest BCUT2D eigenvalue weighted by Gasteiger charge is -2.10. The maximum atomic E-state index is 11.4. The number of carbonyl (C=O) groups excluding carboxylic acids is 1. The van der Waals surface area contributed by atoms with E-state index in [1.54, 1.807) is 6.07 Å². The van der Waals surface area contributed by atoms with E-state index in [0.717, 1.165) is 12.5 Å². The Balaban J connectivity index is 1.89. The van der Waals surface area contributed by atoms with Crippen LogP contribution in [0.25, 0.3) is 0 Å². The Bertz CT molecular complexity index is 553. The number of rotatable bonds is 20. The predicted molar refractivity (Wildman–Crippen MR) is 127 cm³/mol. The Morgan fingerprint density at radius 1 is 0.733 bits per heavy atom. The fraction of sp³-hybridized carbons (Fsp3) is 0.667. The van der Waals surface area contributed by atoms with E-state index >= 15 is 0 Å². The van der Waals surface area contributed by atoms with Crippen LogP contribution in [0.5, 0.6) is 11.5 Å². The van der Waals surface area contributed by atoms with Crippen LogP contribution in [0.15, 0.2) is 36.9 Å². The SMILES string of the molecule is C=CC(=O)Oc1ccccc1OCCCCCCCCCCCCCCCCCC. The van der Waals surface area contributed by atoms with Crippen molar-refractivity contribution >= 4 is 5.97 Å². The van der Waals surface area contributed by atoms with Gasteiger partial charge in [0.05, 0.1) is 6.61 Å². The van der Waals surface area contributed by atoms with Gasteiger partial charge in [-0.3, -0.25) is 0 Å². The van der Waals surface area contributed by atoms with Crippen molar-refractivity contribution in [2.45, 2.75) is 110 Å². The average Bonchev–Trinajstić information content (AvgIpc) is 2.76. The van der Waals surface area contributed by atoms with Gasteiger partial charge in [-0.1, -0.05) is 122 Å². The van der Waals surface area contributed by atoms with Crippen LogP contribution in [0.1, 0.15) is 110 Å². The molecular weight excluding hydrogens is 372 g/mol. The lowest BCUT2D eigenvalue weighted by molar-refractivity contribution is -0.129. The summed E-state index contributed by atoms with van der Waals surface area (Å²) < 4.78 is 11.0. The third-order valence-electron chi connectivity index (χ3n) is 5.48. The van der Waals surface area contributed by atoms with Crippen molar-refractivity contribution in [3.05, 3.63) is 36.9 Å². The zero-order valence-corrected chi connectivity index (χ0v) is 19.3. The van der Waals surface area contributed by atoms with E-state index in [2.05, 4.69) is 13.5 Å². The van der Waals surface area contributed by atoms with E-state index in [9.17, 15) is 4.79 Å². The molecule has 1 aromatic carbocycles. The van der Waals surface area contributed by atoms with E-state index in [0.29, 0.717) is 18.1 Å². The van der Waals surface area contributed by atoms with Crippen molar-refractivity contribution in [2.24, 2.45) is 0 Å². The molecule has 0 aromatic heterocycles. The van der Waals surface area contributed by atoms with Gasteiger partial charge in [-0.25, -0.2) is 4.79 Å². The molecule has 30 heavy (non-hydrogen) atoms. The van der Waals surface area contributed by atoms with Crippen LogP contribution in [0.3, 0.4) is 0 Å². The Hall–Kier alpha value is -1.77. The lowest BCUT2D eigenvalue weighted by atomic mass is 10.0. The molecule has 3 heteroatoms. The second-order valence-electron chi connectivity index (χ2n) is 8.22. The summed E-state index contributed by atoms with van der Waals surface area (Å²) in [4.78, 5) is 11.4. The average molecular weight is 417 g/mol. The van der Waals surface area contributed by atoms with E-state index in [4.69, 9.17) is 9.47 Å². The molecule has 0 radical (unpaired) electrons. The molecule has 0 atom stereocenters. The molecule has 0 fully saturated rings. The van der Waals surface area contributed by atoms with Crippen molar-refractivity contribution in [1.82, 2.24) is 0 Å². The number of hydrogen-bond acceptors (Lipinski definition) is 3. The van der Waals surface area contributed by atoms with Gasteiger partial charge in [0.25, 0.3) is 0 Å². The molecule has 3 nitrogen and oxygen atoms in total. The van der Waals surface area contributed by atoms with Crippen LogP contribution in [-0.4, -0.2) is 12.6 Å². The number of esters is 1. The molecule has 1 aromatic rings. The van der Waals surface area contributed by atoms with Gasteiger partial charge >= 0.3 is 5.97 Å². The van der Waals surface area contributed by atoms with Crippen molar-refractivity contribution in [3.8, 4) is 11.5 Å². The van der Waals surface area contributed by atoms with E-state index in [1.807, 2.05) is 18.2 Å². The zero-order chi connectivity index (χ0) is 21.7. The highest BCUT2D eigenvalue weighted by Gasteiger charge is 2.07. The molecule has 0 aliphatic carbocycles. The molecule has 0 amide bonds. The van der Waals surface area contributed by atoms with Crippen LogP contribution in [0, 0.1) is 0 Å². The number of carbonyl (C=O) groups is 1. The Labute approximate surface area is 185 Å². The molecule has 0 aliphatic heterocycles. The van der Waals surface area contributed by atoms with Gasteiger partial charge in [0.15, 0.2) is 11.5 Å². The summed E-state index contributed by atoms with van der Waals surface area (Å²) in [5.41, 5.74) is 0. The molecule has 0 unspecified atom stereocenters. The minimum absolute atomic E-state index is 0.457. The molecule has 1 rings (SSSR count). The standard InChI is InChI=1S/C27H44O3/c1-3-5-6-7-8-9-10-11-12-13-14-15-16-17-18-21-24-29-25-22-19-20-23-26(25)30-27(28)4-2/h4,19-20,22-23H,2-3,5-18,21,24H2,1H3. The van der Waals surface area contributed by atoms with Gasteiger partial charge in [-0.2, -0.15) is 0 Å². The maximum Gasteiger partial charge on any atom is 0.335 e. The molecule has 0 bridgehead atoms. The quantitative estimate of drug-likeness (QED) is 0.0926. The number of unbranched alkanes of at least 4 members (excludes halogenated alkanes) is 15. The first-order valence-electron chi connectivity index (χ1n) is 12.3. The summed E-state index contributed by atoms with van der Waals surface area (Å²) >= 11 is 0. The van der Waals surface area contributed by atoms with Crippen LogP contribution in [0.2, 0.25) is 0 Å². The molecule has 0 heterocycles. The highest BCUT2D eigenvalue weighted by Crippen LogP contribution is 2.27. The first-order valence-corrected chi connectivity index (χ1v) is 12.3. The summed E-state index contributed by atoms with van der Waals surface area (Å²) in [5, 5.41) is 0. The number of para-hydroxylation sites is 2. The van der Waals surface area contributed by atoms with E-state index in [1.165, 1.54) is 96.3 Å². The molecule has 0 saturated carbocycles. The zero-order valence-electron chi connectivity index (χ0n) is 19.3. The third kappa shape index (κ3) is 14.3. The Kier molecular flexibility index (Phi) is 16.8. The van der Waals surface area contributed by atoms with Crippen LogP contribution in [-0.2, 0) is 4.79 Å². The number of ether oxygens (including phenoxy) is 2. The minimum atomic E-state index is -0.464. The van der Waals surface area contributed by atoms with Gasteiger partial charge in [-0.15, -0.1) is 0 Å². The summed E-state index contributed by atoms with van der Waals surface area (Å²) in [6.45, 7) is 6.36. The molecular formula is C27H44O3. The molecule has 0 saturated heterocycles. The Morgan fingerprint density at radius 3 is 1.63 bits per heavy atom. The van der Waals surface area contributed by atoms with Crippen molar-refractivity contribution in [3.63, 3.8) is 0 Å². The van der Waals surface area contributed by atoms with Gasteiger partial charge in [-0.05, 0) is 18.6 Å². The lowest BCUT2D eigenvalue weighted by Crippen LogP contribution is -2.06. The van der Waals surface area contributed by atoms with E-state index in [-0.39, 0.29) is 0 Å². The molecule has 170 valence electrons. The summed E-state index contributed by atoms with van der Waals surface area (Å²) in [5.74, 6) is 0.612. The fourth-order valence-electron chi connectivity index (χ4n) is 3.64. The highest BCUT2D eigenvalue weighted by molar-refractivity contribution is 5.83. The normalized spacial score (nSPS) is 10.7. The third-order valence-corrected chi connectivity index (χ3v) is 5.48. The fourth-order valence-corrected chi connectivity index (χ4v) is 3.64. The van der Waals surface area contributed by atoms with Crippen molar-refractivity contribution in [1.29, 1.82) is 0 Å². The van der Waals surface area contributed by atoms with Gasteiger partial charge in [0.1, 0.15) is 0 Å². The number of benzene rings is 1. The maximum absolute atomic E-state index is 11.4. The summed E-state index contributed by atoms with van der Waals surface area (Å²) in [6, 6.07) is 7.28.